The van der Waals surface area contributed by atoms with Gasteiger partial charge in [0.1, 0.15) is 6.33 Å². The minimum Gasteiger partial charge on any atom is -0.301 e. The third-order valence-corrected chi connectivity index (χ3v) is 3.27. The van der Waals surface area contributed by atoms with Gasteiger partial charge in [0.05, 0.1) is 6.04 Å². The summed E-state index contributed by atoms with van der Waals surface area (Å²) in [6.07, 6.45) is 2.90. The first-order valence-corrected chi connectivity index (χ1v) is 5.05. The van der Waals surface area contributed by atoms with E-state index in [2.05, 4.69) is 25.0 Å². The second-order valence-electron chi connectivity index (χ2n) is 4.09. The number of hydrogen-bond donors (Lipinski definition) is 0. The lowest BCUT2D eigenvalue weighted by Gasteiger charge is -2.21. The van der Waals surface area contributed by atoms with Crippen molar-refractivity contribution in [2.24, 2.45) is 11.0 Å². The lowest BCUT2D eigenvalue weighted by Crippen LogP contribution is -2.26. The standard InChI is InChI=1S/C8H11N7/c9-13-11-8-10-5-15(12-8)7-4-14-2-1-6(7)3-14/h5-7H,1-4H2/t6-,7-/m0/s1. The molecule has 15 heavy (non-hydrogen) atoms. The summed E-state index contributed by atoms with van der Waals surface area (Å²) in [5.74, 6) is 0.904. The van der Waals surface area contributed by atoms with Crippen molar-refractivity contribution < 1.29 is 0 Å². The summed E-state index contributed by atoms with van der Waals surface area (Å²) in [5, 5.41) is 7.54. The van der Waals surface area contributed by atoms with Gasteiger partial charge in [-0.2, -0.15) is 0 Å². The fourth-order valence-electron chi connectivity index (χ4n) is 2.57. The van der Waals surface area contributed by atoms with E-state index in [0.29, 0.717) is 12.0 Å². The summed E-state index contributed by atoms with van der Waals surface area (Å²) in [5.41, 5.74) is 8.26. The van der Waals surface area contributed by atoms with Gasteiger partial charge in [-0.1, -0.05) is 0 Å². The molecule has 0 amide bonds. The van der Waals surface area contributed by atoms with Gasteiger partial charge in [0, 0.05) is 18.0 Å². The van der Waals surface area contributed by atoms with E-state index in [-0.39, 0.29) is 5.95 Å². The van der Waals surface area contributed by atoms with Crippen molar-refractivity contribution in [3.8, 4) is 0 Å². The lowest BCUT2D eigenvalue weighted by molar-refractivity contribution is 0.285. The Hall–Kier alpha value is -1.59. The zero-order chi connectivity index (χ0) is 10.3. The van der Waals surface area contributed by atoms with Gasteiger partial charge >= 0.3 is 0 Å². The van der Waals surface area contributed by atoms with Gasteiger partial charge in [0.15, 0.2) is 0 Å². The molecule has 3 heterocycles. The van der Waals surface area contributed by atoms with E-state index >= 15 is 0 Å². The third kappa shape index (κ3) is 1.36. The van der Waals surface area contributed by atoms with E-state index in [1.165, 1.54) is 19.5 Å². The number of aromatic nitrogens is 3. The second-order valence-corrected chi connectivity index (χ2v) is 4.09. The van der Waals surface area contributed by atoms with Crippen LogP contribution in [0.1, 0.15) is 12.5 Å². The minimum absolute atomic E-state index is 0.218. The fraction of sp³-hybridized carbons (Fsp3) is 0.750. The number of rotatable bonds is 2. The van der Waals surface area contributed by atoms with Gasteiger partial charge < -0.3 is 4.90 Å². The summed E-state index contributed by atoms with van der Waals surface area (Å²) < 4.78 is 1.84. The highest BCUT2D eigenvalue weighted by atomic mass is 15.4. The van der Waals surface area contributed by atoms with Crippen molar-refractivity contribution in [3.63, 3.8) is 0 Å². The van der Waals surface area contributed by atoms with Gasteiger partial charge in [0.2, 0.25) is 5.95 Å². The molecule has 2 aliphatic rings. The third-order valence-electron chi connectivity index (χ3n) is 3.27. The maximum absolute atomic E-state index is 8.26. The Morgan fingerprint density at radius 3 is 3.13 bits per heavy atom. The van der Waals surface area contributed by atoms with Crippen molar-refractivity contribution >= 4 is 5.95 Å². The summed E-state index contributed by atoms with van der Waals surface area (Å²) in [4.78, 5) is 9.05. The highest BCUT2D eigenvalue weighted by Crippen LogP contribution is 2.35. The predicted molar refractivity (Wildman–Crippen MR) is 52.4 cm³/mol. The average molecular weight is 205 g/mol. The normalized spacial score (nSPS) is 32.9. The molecule has 0 aromatic carbocycles. The highest BCUT2D eigenvalue weighted by Gasteiger charge is 2.39. The van der Waals surface area contributed by atoms with E-state index in [9.17, 15) is 0 Å². The second kappa shape index (κ2) is 3.22. The largest absolute Gasteiger partial charge is 0.301 e. The molecule has 0 radical (unpaired) electrons. The van der Waals surface area contributed by atoms with Crippen molar-refractivity contribution in [2.75, 3.05) is 19.6 Å². The van der Waals surface area contributed by atoms with Gasteiger partial charge in [0.25, 0.3) is 0 Å². The van der Waals surface area contributed by atoms with Crippen LogP contribution in [0.25, 0.3) is 10.4 Å². The van der Waals surface area contributed by atoms with E-state index in [0.717, 1.165) is 6.54 Å². The molecule has 2 bridgehead atoms. The molecule has 7 nitrogen and oxygen atoms in total. The van der Waals surface area contributed by atoms with Crippen LogP contribution in [-0.2, 0) is 0 Å². The predicted octanol–water partition coefficient (Wildman–Crippen LogP) is 1.10. The van der Waals surface area contributed by atoms with Crippen molar-refractivity contribution in [3.05, 3.63) is 16.8 Å². The van der Waals surface area contributed by atoms with Crippen LogP contribution in [0.4, 0.5) is 5.95 Å². The maximum Gasteiger partial charge on any atom is 0.237 e. The Bertz CT molecular complexity index is 418. The number of azide groups is 1. The van der Waals surface area contributed by atoms with Crippen LogP contribution in [-0.4, -0.2) is 39.3 Å². The van der Waals surface area contributed by atoms with E-state index in [1.807, 2.05) is 4.68 Å². The topological polar surface area (TPSA) is 82.7 Å². The quantitative estimate of drug-likeness (QED) is 0.411. The van der Waals surface area contributed by atoms with Gasteiger partial charge in [-0.25, -0.2) is 9.67 Å². The molecule has 0 spiro atoms. The molecule has 78 valence electrons. The first-order valence-electron chi connectivity index (χ1n) is 5.05. The van der Waals surface area contributed by atoms with Crippen LogP contribution in [0.3, 0.4) is 0 Å². The van der Waals surface area contributed by atoms with Crippen molar-refractivity contribution in [1.82, 2.24) is 19.7 Å². The fourth-order valence-corrected chi connectivity index (χ4v) is 2.57. The van der Waals surface area contributed by atoms with Crippen LogP contribution >= 0.6 is 0 Å². The Balaban J connectivity index is 1.84. The average Bonchev–Trinajstić information content (AvgIpc) is 2.91. The molecule has 3 atom stereocenters. The molecule has 2 fully saturated rings. The number of piperidine rings is 1. The molecule has 7 heteroatoms. The Labute approximate surface area is 86.3 Å². The molecule has 3 rings (SSSR count). The van der Waals surface area contributed by atoms with Crippen molar-refractivity contribution in [2.45, 2.75) is 12.5 Å². The summed E-state index contributed by atoms with van der Waals surface area (Å²) in [7, 11) is 0. The van der Waals surface area contributed by atoms with E-state index < -0.39 is 0 Å². The molecular formula is C8H11N7. The molecule has 1 aromatic rings. The van der Waals surface area contributed by atoms with E-state index in [4.69, 9.17) is 5.53 Å². The van der Waals surface area contributed by atoms with E-state index in [1.54, 1.807) is 6.33 Å². The lowest BCUT2D eigenvalue weighted by atomic mass is 10.0. The number of nitrogens with zero attached hydrogens (tertiary/aromatic N) is 7. The SMILES string of the molecule is [N-]=[N+]=Nc1ncn([C@H]2CN3CC[C@H]2C3)n1. The van der Waals surface area contributed by atoms with Crippen molar-refractivity contribution in [1.29, 1.82) is 0 Å². The molecular weight excluding hydrogens is 194 g/mol. The molecule has 0 aliphatic carbocycles. The molecule has 2 aliphatic heterocycles. The monoisotopic (exact) mass is 205 g/mol. The zero-order valence-corrected chi connectivity index (χ0v) is 8.19. The Morgan fingerprint density at radius 2 is 2.47 bits per heavy atom. The highest BCUT2D eigenvalue weighted by molar-refractivity contribution is 5.10. The van der Waals surface area contributed by atoms with Gasteiger partial charge in [-0.05, 0) is 29.5 Å². The van der Waals surface area contributed by atoms with Crippen LogP contribution in [0, 0.1) is 5.92 Å². The first-order chi connectivity index (χ1) is 7.36. The summed E-state index contributed by atoms with van der Waals surface area (Å²) in [6, 6.07) is 0.411. The summed E-state index contributed by atoms with van der Waals surface area (Å²) >= 11 is 0. The van der Waals surface area contributed by atoms with Crippen LogP contribution in [0.5, 0.6) is 0 Å². The Morgan fingerprint density at radius 1 is 1.53 bits per heavy atom. The molecule has 1 aromatic heterocycles. The van der Waals surface area contributed by atoms with Crippen LogP contribution in [0.15, 0.2) is 11.4 Å². The van der Waals surface area contributed by atoms with Crippen LogP contribution in [0.2, 0.25) is 0 Å². The maximum atomic E-state index is 8.26. The smallest absolute Gasteiger partial charge is 0.237 e. The molecule has 0 saturated carbocycles. The first kappa shape index (κ1) is 8.70. The molecule has 0 N–H and O–H groups in total. The van der Waals surface area contributed by atoms with Crippen LogP contribution < -0.4 is 0 Å². The summed E-state index contributed by atoms with van der Waals surface area (Å²) in [6.45, 7) is 3.42. The Kier molecular flexibility index (Phi) is 1.87. The molecule has 1 unspecified atom stereocenters. The zero-order valence-electron chi connectivity index (χ0n) is 8.19. The number of fused-ring (bicyclic) bond motifs is 2. The number of hydrogen-bond acceptors (Lipinski definition) is 4. The molecule has 2 saturated heterocycles. The van der Waals surface area contributed by atoms with Gasteiger partial charge in [-0.3, -0.25) is 0 Å². The van der Waals surface area contributed by atoms with Gasteiger partial charge in [-0.15, -0.1) is 5.10 Å². The minimum atomic E-state index is 0.218.